The lowest BCUT2D eigenvalue weighted by molar-refractivity contribution is -0.115. The van der Waals surface area contributed by atoms with Gasteiger partial charge in [-0.1, -0.05) is 11.2 Å². The van der Waals surface area contributed by atoms with Gasteiger partial charge in [0, 0.05) is 19.2 Å². The summed E-state index contributed by atoms with van der Waals surface area (Å²) in [5.74, 6) is 0.559. The number of nitrogens with zero attached hydrogens (tertiary/aromatic N) is 3. The van der Waals surface area contributed by atoms with Gasteiger partial charge in [-0.2, -0.15) is 4.98 Å². The Labute approximate surface area is 139 Å². The number of carbonyl (C=O) groups excluding carboxylic acids is 1. The van der Waals surface area contributed by atoms with E-state index in [4.69, 9.17) is 4.52 Å². The third kappa shape index (κ3) is 3.40. The summed E-state index contributed by atoms with van der Waals surface area (Å²) in [6.45, 7) is 3.96. The number of hydrogen-bond acceptors (Lipinski definition) is 6. The number of benzene rings is 1. The van der Waals surface area contributed by atoms with Crippen LogP contribution in [0.1, 0.15) is 23.7 Å². The molecule has 1 aromatic carbocycles. The van der Waals surface area contributed by atoms with Crippen LogP contribution in [0.3, 0.4) is 0 Å². The van der Waals surface area contributed by atoms with Crippen LogP contribution in [-0.4, -0.2) is 36.8 Å². The Morgan fingerprint density at radius 2 is 2.17 bits per heavy atom. The summed E-state index contributed by atoms with van der Waals surface area (Å²) in [5.41, 5.74) is 1.97. The van der Waals surface area contributed by atoms with Crippen LogP contribution < -0.4 is 9.62 Å². The molecule has 9 heteroatoms. The molecule has 3 rings (SSSR count). The normalized spacial score (nSPS) is 16.3. The first kappa shape index (κ1) is 16.4. The first-order chi connectivity index (χ1) is 11.3. The van der Waals surface area contributed by atoms with E-state index in [-0.39, 0.29) is 18.1 Å². The maximum atomic E-state index is 12.1. The Morgan fingerprint density at radius 1 is 1.38 bits per heavy atom. The highest BCUT2D eigenvalue weighted by atomic mass is 32.2. The lowest BCUT2D eigenvalue weighted by Crippen LogP contribution is -2.26. The van der Waals surface area contributed by atoms with Gasteiger partial charge in [0.25, 0.3) is 0 Å². The summed E-state index contributed by atoms with van der Waals surface area (Å²) in [6, 6.07) is 5.20. The van der Waals surface area contributed by atoms with Crippen LogP contribution in [0.25, 0.3) is 0 Å². The van der Waals surface area contributed by atoms with E-state index < -0.39 is 10.0 Å². The zero-order valence-corrected chi connectivity index (χ0v) is 14.3. The van der Waals surface area contributed by atoms with E-state index >= 15 is 0 Å². The Balaban J connectivity index is 1.77. The molecule has 1 aliphatic rings. The second-order valence-electron chi connectivity index (χ2n) is 5.70. The van der Waals surface area contributed by atoms with Crippen molar-refractivity contribution in [2.45, 2.75) is 26.7 Å². The summed E-state index contributed by atoms with van der Waals surface area (Å²) in [5, 5.41) is 6.41. The highest BCUT2D eigenvalue weighted by Crippen LogP contribution is 2.30. The molecule has 2 aromatic rings. The smallest absolute Gasteiger partial charge is 0.235 e. The number of aryl methyl sites for hydroxylation is 2. The molecule has 128 valence electrons. The van der Waals surface area contributed by atoms with Crippen LogP contribution in [-0.2, 0) is 21.2 Å². The van der Waals surface area contributed by atoms with E-state index in [1.807, 2.05) is 6.92 Å². The van der Waals surface area contributed by atoms with Crippen LogP contribution in [0.4, 0.5) is 11.4 Å². The van der Waals surface area contributed by atoms with Gasteiger partial charge in [0.05, 0.1) is 17.9 Å². The monoisotopic (exact) mass is 350 g/mol. The van der Waals surface area contributed by atoms with E-state index in [0.29, 0.717) is 36.1 Å². The number of sulfonamides is 1. The van der Waals surface area contributed by atoms with Gasteiger partial charge in [-0.15, -0.1) is 0 Å². The van der Waals surface area contributed by atoms with Crippen molar-refractivity contribution in [2.75, 3.05) is 21.9 Å². The third-order valence-electron chi connectivity index (χ3n) is 3.75. The molecule has 0 spiro atoms. The summed E-state index contributed by atoms with van der Waals surface area (Å²) in [7, 11) is -3.27. The van der Waals surface area contributed by atoms with Crippen LogP contribution in [0.5, 0.6) is 0 Å². The van der Waals surface area contributed by atoms with Gasteiger partial charge in [-0.25, -0.2) is 8.42 Å². The summed E-state index contributed by atoms with van der Waals surface area (Å²) in [6.07, 6.45) is 0.595. The third-order valence-corrected chi connectivity index (χ3v) is 5.60. The Hall–Kier alpha value is -2.42. The van der Waals surface area contributed by atoms with E-state index in [9.17, 15) is 13.2 Å². The van der Waals surface area contributed by atoms with Crippen molar-refractivity contribution >= 4 is 27.3 Å². The van der Waals surface area contributed by atoms with Crippen LogP contribution in [0.15, 0.2) is 22.7 Å². The fourth-order valence-corrected chi connectivity index (χ4v) is 4.25. The number of nitrogens with one attached hydrogen (secondary N) is 1. The Kier molecular flexibility index (Phi) is 4.27. The number of anilines is 2. The molecule has 1 saturated heterocycles. The maximum Gasteiger partial charge on any atom is 0.235 e. The molecule has 0 radical (unpaired) electrons. The van der Waals surface area contributed by atoms with Gasteiger partial charge in [0.15, 0.2) is 5.82 Å². The summed E-state index contributed by atoms with van der Waals surface area (Å²) < 4.78 is 30.4. The number of aromatic nitrogens is 2. The zero-order valence-electron chi connectivity index (χ0n) is 13.4. The second-order valence-corrected chi connectivity index (χ2v) is 7.71. The molecule has 24 heavy (non-hydrogen) atoms. The molecule has 0 unspecified atom stereocenters. The molecule has 1 amide bonds. The molecule has 0 aliphatic carbocycles. The van der Waals surface area contributed by atoms with Crippen molar-refractivity contribution in [1.29, 1.82) is 0 Å². The number of rotatable bonds is 4. The minimum atomic E-state index is -3.27. The fourth-order valence-electron chi connectivity index (χ4n) is 2.63. The SMILES string of the molecule is Cc1nc(CC(=O)Nc2ccc(C)c(N3CCCS3(=O)=O)c2)no1. The first-order valence-electron chi connectivity index (χ1n) is 7.55. The van der Waals surface area contributed by atoms with Crippen molar-refractivity contribution in [3.63, 3.8) is 0 Å². The standard InChI is InChI=1S/C15H18N4O4S/c1-10-4-5-12(8-13(10)19-6-3-7-24(19,21)22)17-15(20)9-14-16-11(2)23-18-14/h4-5,8H,3,6-7,9H2,1-2H3,(H,17,20). The molecular formula is C15H18N4O4S. The van der Waals surface area contributed by atoms with E-state index in [2.05, 4.69) is 15.5 Å². The summed E-state index contributed by atoms with van der Waals surface area (Å²) in [4.78, 5) is 16.1. The molecule has 1 N–H and O–H groups in total. The molecule has 2 heterocycles. The van der Waals surface area contributed by atoms with Crippen LogP contribution >= 0.6 is 0 Å². The lowest BCUT2D eigenvalue weighted by Gasteiger charge is -2.20. The van der Waals surface area contributed by atoms with Gasteiger partial charge in [0.2, 0.25) is 21.8 Å². The molecule has 1 aliphatic heterocycles. The predicted molar refractivity (Wildman–Crippen MR) is 88.3 cm³/mol. The molecule has 0 atom stereocenters. The largest absolute Gasteiger partial charge is 0.340 e. The quantitative estimate of drug-likeness (QED) is 0.894. The highest BCUT2D eigenvalue weighted by molar-refractivity contribution is 7.93. The van der Waals surface area contributed by atoms with Crippen molar-refractivity contribution in [1.82, 2.24) is 10.1 Å². The lowest BCUT2D eigenvalue weighted by atomic mass is 10.1. The summed E-state index contributed by atoms with van der Waals surface area (Å²) >= 11 is 0. The van der Waals surface area contributed by atoms with E-state index in [1.165, 1.54) is 4.31 Å². The van der Waals surface area contributed by atoms with Gasteiger partial charge < -0.3 is 9.84 Å². The van der Waals surface area contributed by atoms with E-state index in [0.717, 1.165) is 5.56 Å². The zero-order chi connectivity index (χ0) is 17.3. The number of hydrogen-bond donors (Lipinski definition) is 1. The second kappa shape index (κ2) is 6.23. The molecule has 0 saturated carbocycles. The van der Waals surface area contributed by atoms with Gasteiger partial charge in [0.1, 0.15) is 0 Å². The minimum absolute atomic E-state index is 0.0113. The van der Waals surface area contributed by atoms with Crippen molar-refractivity contribution < 1.29 is 17.7 Å². The van der Waals surface area contributed by atoms with Crippen molar-refractivity contribution in [2.24, 2.45) is 0 Å². The van der Waals surface area contributed by atoms with Crippen LogP contribution in [0.2, 0.25) is 0 Å². The number of carbonyl (C=O) groups is 1. The molecule has 1 aromatic heterocycles. The Bertz CT molecular complexity index is 875. The average molecular weight is 350 g/mol. The molecule has 1 fully saturated rings. The number of amides is 1. The molecule has 0 bridgehead atoms. The van der Waals surface area contributed by atoms with Crippen molar-refractivity contribution in [3.05, 3.63) is 35.5 Å². The molecule has 8 nitrogen and oxygen atoms in total. The first-order valence-corrected chi connectivity index (χ1v) is 9.16. The van der Waals surface area contributed by atoms with Gasteiger partial charge in [-0.3, -0.25) is 9.10 Å². The predicted octanol–water partition coefficient (Wildman–Crippen LogP) is 1.41. The van der Waals surface area contributed by atoms with Gasteiger partial charge >= 0.3 is 0 Å². The van der Waals surface area contributed by atoms with Crippen LogP contribution in [0, 0.1) is 13.8 Å². The fraction of sp³-hybridized carbons (Fsp3) is 0.400. The minimum Gasteiger partial charge on any atom is -0.340 e. The average Bonchev–Trinajstić information content (AvgIpc) is 3.06. The van der Waals surface area contributed by atoms with Gasteiger partial charge in [-0.05, 0) is 31.0 Å². The Morgan fingerprint density at radius 3 is 2.79 bits per heavy atom. The topological polar surface area (TPSA) is 105 Å². The van der Waals surface area contributed by atoms with E-state index in [1.54, 1.807) is 25.1 Å². The molecular weight excluding hydrogens is 332 g/mol. The van der Waals surface area contributed by atoms with Crippen molar-refractivity contribution in [3.8, 4) is 0 Å². The highest BCUT2D eigenvalue weighted by Gasteiger charge is 2.29. The maximum absolute atomic E-state index is 12.1.